The minimum atomic E-state index is -0.424. The Balaban J connectivity index is 1.91. The zero-order valence-corrected chi connectivity index (χ0v) is 11.0. The van der Waals surface area contributed by atoms with Gasteiger partial charge in [-0.1, -0.05) is 29.8 Å². The molecule has 3 heteroatoms. The fourth-order valence-electron chi connectivity index (χ4n) is 1.95. The van der Waals surface area contributed by atoms with E-state index in [1.165, 1.54) is 11.1 Å². The van der Waals surface area contributed by atoms with Crippen molar-refractivity contribution in [1.82, 2.24) is 9.78 Å². The van der Waals surface area contributed by atoms with Gasteiger partial charge in [0, 0.05) is 18.3 Å². The molecule has 2 rings (SSSR count). The van der Waals surface area contributed by atoms with Crippen molar-refractivity contribution in [3.63, 3.8) is 0 Å². The van der Waals surface area contributed by atoms with E-state index in [0.717, 1.165) is 24.9 Å². The van der Waals surface area contributed by atoms with Crippen molar-refractivity contribution in [3.8, 4) is 0 Å². The number of aryl methyl sites for hydroxylation is 3. The molecule has 1 atom stereocenters. The molecule has 1 heterocycles. The Morgan fingerprint density at radius 1 is 1.28 bits per heavy atom. The van der Waals surface area contributed by atoms with Crippen molar-refractivity contribution in [3.05, 3.63) is 53.3 Å². The standard InChI is InChI=1S/C15H20N2O/c1-3-17-11-14(10-16-17)15(18)9-8-13-6-4-12(2)5-7-13/h4-7,10-11,15,18H,3,8-9H2,1-2H3. The maximum absolute atomic E-state index is 10.1. The summed E-state index contributed by atoms with van der Waals surface area (Å²) >= 11 is 0. The second kappa shape index (κ2) is 5.83. The number of hydrogen-bond donors (Lipinski definition) is 1. The molecule has 1 aromatic carbocycles. The van der Waals surface area contributed by atoms with Gasteiger partial charge in [-0.25, -0.2) is 0 Å². The van der Waals surface area contributed by atoms with Gasteiger partial charge in [0.1, 0.15) is 0 Å². The summed E-state index contributed by atoms with van der Waals surface area (Å²) in [4.78, 5) is 0. The Morgan fingerprint density at radius 2 is 2.00 bits per heavy atom. The molecule has 0 radical (unpaired) electrons. The molecule has 0 aliphatic heterocycles. The summed E-state index contributed by atoms with van der Waals surface area (Å²) in [6.07, 6.45) is 4.87. The van der Waals surface area contributed by atoms with E-state index in [2.05, 4.69) is 36.3 Å². The van der Waals surface area contributed by atoms with Gasteiger partial charge in [0.15, 0.2) is 0 Å². The molecule has 0 spiro atoms. The van der Waals surface area contributed by atoms with Crippen LogP contribution in [0.1, 0.15) is 36.1 Å². The van der Waals surface area contributed by atoms with Crippen LogP contribution in [0.2, 0.25) is 0 Å². The number of aromatic nitrogens is 2. The van der Waals surface area contributed by atoms with E-state index in [1.807, 2.05) is 17.8 Å². The Labute approximate surface area is 108 Å². The van der Waals surface area contributed by atoms with Crippen molar-refractivity contribution in [2.24, 2.45) is 0 Å². The number of aliphatic hydroxyl groups excluding tert-OH is 1. The molecule has 1 unspecified atom stereocenters. The van der Waals surface area contributed by atoms with Gasteiger partial charge >= 0.3 is 0 Å². The van der Waals surface area contributed by atoms with Crippen LogP contribution in [0.4, 0.5) is 0 Å². The van der Waals surface area contributed by atoms with Crippen LogP contribution in [0.3, 0.4) is 0 Å². The van der Waals surface area contributed by atoms with E-state index in [9.17, 15) is 5.11 Å². The van der Waals surface area contributed by atoms with Crippen LogP contribution in [0.5, 0.6) is 0 Å². The van der Waals surface area contributed by atoms with E-state index in [0.29, 0.717) is 0 Å². The summed E-state index contributed by atoms with van der Waals surface area (Å²) < 4.78 is 1.84. The molecule has 18 heavy (non-hydrogen) atoms. The van der Waals surface area contributed by atoms with Crippen LogP contribution < -0.4 is 0 Å². The predicted octanol–water partition coefficient (Wildman–Crippen LogP) is 2.88. The second-order valence-electron chi connectivity index (χ2n) is 4.67. The molecule has 0 saturated carbocycles. The first kappa shape index (κ1) is 12.8. The molecule has 96 valence electrons. The molecule has 0 amide bonds. The third-order valence-corrected chi connectivity index (χ3v) is 3.19. The Kier molecular flexibility index (Phi) is 4.15. The van der Waals surface area contributed by atoms with Gasteiger partial charge in [-0.05, 0) is 32.3 Å². The highest BCUT2D eigenvalue weighted by Crippen LogP contribution is 2.18. The molecule has 1 aromatic heterocycles. The molecule has 0 saturated heterocycles. The van der Waals surface area contributed by atoms with Crippen LogP contribution in [0.15, 0.2) is 36.7 Å². The lowest BCUT2D eigenvalue weighted by Crippen LogP contribution is -1.99. The van der Waals surface area contributed by atoms with Gasteiger partial charge in [-0.2, -0.15) is 5.10 Å². The van der Waals surface area contributed by atoms with Crippen molar-refractivity contribution in [1.29, 1.82) is 0 Å². The van der Waals surface area contributed by atoms with Crippen LogP contribution in [-0.4, -0.2) is 14.9 Å². The minimum absolute atomic E-state index is 0.424. The van der Waals surface area contributed by atoms with Gasteiger partial charge in [-0.15, -0.1) is 0 Å². The van der Waals surface area contributed by atoms with Gasteiger partial charge in [0.05, 0.1) is 12.3 Å². The molecule has 0 aliphatic rings. The zero-order chi connectivity index (χ0) is 13.0. The Bertz CT molecular complexity index is 487. The second-order valence-corrected chi connectivity index (χ2v) is 4.67. The first-order valence-electron chi connectivity index (χ1n) is 6.45. The molecule has 3 nitrogen and oxygen atoms in total. The smallest absolute Gasteiger partial charge is 0.0823 e. The lowest BCUT2D eigenvalue weighted by molar-refractivity contribution is 0.167. The SMILES string of the molecule is CCn1cc(C(O)CCc2ccc(C)cc2)cn1. The molecule has 0 fully saturated rings. The Morgan fingerprint density at radius 3 is 2.61 bits per heavy atom. The third kappa shape index (κ3) is 3.20. The van der Waals surface area contributed by atoms with Gasteiger partial charge in [0.2, 0.25) is 0 Å². The fourth-order valence-corrected chi connectivity index (χ4v) is 1.95. The quantitative estimate of drug-likeness (QED) is 0.878. The van der Waals surface area contributed by atoms with E-state index in [1.54, 1.807) is 6.20 Å². The largest absolute Gasteiger partial charge is 0.388 e. The van der Waals surface area contributed by atoms with Gasteiger partial charge in [0.25, 0.3) is 0 Å². The number of benzene rings is 1. The highest BCUT2D eigenvalue weighted by atomic mass is 16.3. The minimum Gasteiger partial charge on any atom is -0.388 e. The monoisotopic (exact) mass is 244 g/mol. The maximum Gasteiger partial charge on any atom is 0.0823 e. The molecule has 1 N–H and O–H groups in total. The number of nitrogens with zero attached hydrogens (tertiary/aromatic N) is 2. The zero-order valence-electron chi connectivity index (χ0n) is 11.0. The predicted molar refractivity (Wildman–Crippen MR) is 72.4 cm³/mol. The summed E-state index contributed by atoms with van der Waals surface area (Å²) in [7, 11) is 0. The summed E-state index contributed by atoms with van der Waals surface area (Å²) in [6, 6.07) is 8.46. The normalized spacial score (nSPS) is 12.6. The Hall–Kier alpha value is -1.61. The third-order valence-electron chi connectivity index (χ3n) is 3.19. The van der Waals surface area contributed by atoms with Crippen LogP contribution in [-0.2, 0) is 13.0 Å². The fraction of sp³-hybridized carbons (Fsp3) is 0.400. The maximum atomic E-state index is 10.1. The highest BCUT2D eigenvalue weighted by Gasteiger charge is 2.09. The number of hydrogen-bond acceptors (Lipinski definition) is 2. The van der Waals surface area contributed by atoms with Crippen LogP contribution in [0, 0.1) is 6.92 Å². The van der Waals surface area contributed by atoms with Crippen molar-refractivity contribution in [2.45, 2.75) is 39.3 Å². The first-order valence-corrected chi connectivity index (χ1v) is 6.45. The van der Waals surface area contributed by atoms with Crippen LogP contribution >= 0.6 is 0 Å². The van der Waals surface area contributed by atoms with Crippen LogP contribution in [0.25, 0.3) is 0 Å². The van der Waals surface area contributed by atoms with E-state index in [-0.39, 0.29) is 0 Å². The van der Waals surface area contributed by atoms with Gasteiger partial charge in [-0.3, -0.25) is 4.68 Å². The number of aliphatic hydroxyl groups is 1. The molecular formula is C15H20N2O. The number of rotatable bonds is 5. The lowest BCUT2D eigenvalue weighted by Gasteiger charge is -2.08. The topological polar surface area (TPSA) is 38.0 Å². The first-order chi connectivity index (χ1) is 8.69. The molecule has 2 aromatic rings. The lowest BCUT2D eigenvalue weighted by atomic mass is 10.0. The summed E-state index contributed by atoms with van der Waals surface area (Å²) in [5, 5.41) is 14.3. The van der Waals surface area contributed by atoms with E-state index >= 15 is 0 Å². The van der Waals surface area contributed by atoms with Crippen molar-refractivity contribution in [2.75, 3.05) is 0 Å². The molecule has 0 aliphatic carbocycles. The van der Waals surface area contributed by atoms with E-state index < -0.39 is 6.10 Å². The van der Waals surface area contributed by atoms with E-state index in [4.69, 9.17) is 0 Å². The summed E-state index contributed by atoms with van der Waals surface area (Å²) in [6.45, 7) is 4.96. The average molecular weight is 244 g/mol. The molecular weight excluding hydrogens is 224 g/mol. The van der Waals surface area contributed by atoms with Crippen molar-refractivity contribution < 1.29 is 5.11 Å². The highest BCUT2D eigenvalue weighted by molar-refractivity contribution is 5.21. The van der Waals surface area contributed by atoms with Gasteiger partial charge < -0.3 is 5.11 Å². The summed E-state index contributed by atoms with van der Waals surface area (Å²) in [5.74, 6) is 0. The van der Waals surface area contributed by atoms with Crippen molar-refractivity contribution >= 4 is 0 Å². The molecule has 0 bridgehead atoms. The average Bonchev–Trinajstić information content (AvgIpc) is 2.86. The summed E-state index contributed by atoms with van der Waals surface area (Å²) in [5.41, 5.74) is 3.44.